The molecule has 1 unspecified atom stereocenters. The number of carbonyl (C=O) groups excluding carboxylic acids is 1. The Labute approximate surface area is 77.4 Å². The highest BCUT2D eigenvalue weighted by molar-refractivity contribution is 5.72. The van der Waals surface area contributed by atoms with E-state index in [-0.39, 0.29) is 11.9 Å². The molecule has 0 saturated carbocycles. The van der Waals surface area contributed by atoms with Crippen LogP contribution in [-0.2, 0) is 19.4 Å². The van der Waals surface area contributed by atoms with E-state index >= 15 is 0 Å². The Morgan fingerprint density at radius 2 is 2.23 bits per heavy atom. The zero-order chi connectivity index (χ0) is 9.68. The van der Waals surface area contributed by atoms with E-state index in [1.54, 1.807) is 12.2 Å². The minimum Gasteiger partial charge on any atom is -0.302 e. The minimum absolute atomic E-state index is 0.131. The van der Waals surface area contributed by atoms with E-state index in [4.69, 9.17) is 4.84 Å². The smallest absolute Gasteiger partial charge is 0.302 e. The molecule has 0 aromatic carbocycles. The molecule has 1 aliphatic rings. The summed E-state index contributed by atoms with van der Waals surface area (Å²) < 4.78 is 0. The summed E-state index contributed by atoms with van der Waals surface area (Å²) in [7, 11) is 2.93. The van der Waals surface area contributed by atoms with Gasteiger partial charge in [0, 0.05) is 13.1 Å². The van der Waals surface area contributed by atoms with E-state index in [9.17, 15) is 4.79 Å². The first-order valence-electron chi connectivity index (χ1n) is 4.31. The summed E-state index contributed by atoms with van der Waals surface area (Å²) in [4.78, 5) is 25.0. The van der Waals surface area contributed by atoms with Crippen LogP contribution in [0, 0.1) is 5.92 Å². The molecule has 1 fully saturated rings. The first kappa shape index (κ1) is 10.4. The van der Waals surface area contributed by atoms with Gasteiger partial charge in [0.15, 0.2) is 0 Å². The lowest BCUT2D eigenvalue weighted by molar-refractivity contribution is -0.263. The molecule has 1 rings (SSSR count). The SMILES string of the molecule is COOC(=O)C1CCCN(OC)C1. The highest BCUT2D eigenvalue weighted by Gasteiger charge is 2.27. The van der Waals surface area contributed by atoms with Crippen molar-refractivity contribution in [3.05, 3.63) is 0 Å². The maximum Gasteiger partial charge on any atom is 0.346 e. The van der Waals surface area contributed by atoms with E-state index in [1.807, 2.05) is 0 Å². The number of carbonyl (C=O) groups is 1. The molecule has 0 spiro atoms. The average molecular weight is 189 g/mol. The highest BCUT2D eigenvalue weighted by Crippen LogP contribution is 2.17. The summed E-state index contributed by atoms with van der Waals surface area (Å²) in [6, 6.07) is 0. The van der Waals surface area contributed by atoms with Gasteiger partial charge in [-0.25, -0.2) is 4.79 Å². The lowest BCUT2D eigenvalue weighted by Gasteiger charge is -2.28. The van der Waals surface area contributed by atoms with Gasteiger partial charge in [-0.05, 0) is 12.8 Å². The van der Waals surface area contributed by atoms with Crippen molar-refractivity contribution in [3.8, 4) is 0 Å². The number of hydrogen-bond acceptors (Lipinski definition) is 5. The van der Waals surface area contributed by atoms with E-state index in [1.165, 1.54) is 7.11 Å². The van der Waals surface area contributed by atoms with Gasteiger partial charge in [0.05, 0.1) is 20.1 Å². The molecule has 0 radical (unpaired) electrons. The maximum atomic E-state index is 11.2. The van der Waals surface area contributed by atoms with Crippen LogP contribution in [0.3, 0.4) is 0 Å². The van der Waals surface area contributed by atoms with E-state index < -0.39 is 0 Å². The first-order chi connectivity index (χ1) is 6.27. The van der Waals surface area contributed by atoms with Gasteiger partial charge < -0.3 is 4.84 Å². The molecule has 1 saturated heterocycles. The fourth-order valence-electron chi connectivity index (χ4n) is 1.45. The second-order valence-electron chi connectivity index (χ2n) is 2.98. The molecule has 1 heterocycles. The van der Waals surface area contributed by atoms with Crippen LogP contribution in [0.1, 0.15) is 12.8 Å². The van der Waals surface area contributed by atoms with E-state index in [0.717, 1.165) is 19.4 Å². The fourth-order valence-corrected chi connectivity index (χ4v) is 1.45. The standard InChI is InChI=1S/C8H15NO4/c1-11-9-5-3-4-7(6-9)8(10)13-12-2/h7H,3-6H2,1-2H3. The van der Waals surface area contributed by atoms with Gasteiger partial charge in [0.1, 0.15) is 0 Å². The molecular weight excluding hydrogens is 174 g/mol. The third-order valence-corrected chi connectivity index (χ3v) is 2.14. The van der Waals surface area contributed by atoms with Crippen LogP contribution in [0.2, 0.25) is 0 Å². The predicted molar refractivity (Wildman–Crippen MR) is 44.4 cm³/mol. The minimum atomic E-state index is -0.316. The largest absolute Gasteiger partial charge is 0.346 e. The monoisotopic (exact) mass is 189 g/mol. The maximum absolute atomic E-state index is 11.2. The molecule has 0 bridgehead atoms. The Morgan fingerprint density at radius 1 is 1.46 bits per heavy atom. The molecule has 5 nitrogen and oxygen atoms in total. The van der Waals surface area contributed by atoms with Crippen LogP contribution in [0.5, 0.6) is 0 Å². The van der Waals surface area contributed by atoms with E-state index in [2.05, 4.69) is 9.78 Å². The molecule has 0 aliphatic carbocycles. The Bertz CT molecular complexity index is 174. The first-order valence-corrected chi connectivity index (χ1v) is 4.31. The van der Waals surface area contributed by atoms with Crippen molar-refractivity contribution >= 4 is 5.97 Å². The number of hydroxylamine groups is 2. The summed E-state index contributed by atoms with van der Waals surface area (Å²) in [5.74, 6) is -0.446. The molecule has 5 heteroatoms. The van der Waals surface area contributed by atoms with Gasteiger partial charge in [-0.15, -0.1) is 0 Å². The molecule has 1 atom stereocenters. The molecule has 76 valence electrons. The molecular formula is C8H15NO4. The molecule has 13 heavy (non-hydrogen) atoms. The van der Waals surface area contributed by atoms with Crippen LogP contribution in [-0.4, -0.2) is 38.3 Å². The van der Waals surface area contributed by atoms with Crippen molar-refractivity contribution in [2.45, 2.75) is 12.8 Å². The zero-order valence-corrected chi connectivity index (χ0v) is 7.99. The number of piperidine rings is 1. The molecule has 0 amide bonds. The summed E-state index contributed by atoms with van der Waals surface area (Å²) >= 11 is 0. The summed E-state index contributed by atoms with van der Waals surface area (Å²) in [5, 5.41) is 1.76. The van der Waals surface area contributed by atoms with Crippen molar-refractivity contribution in [2.24, 2.45) is 5.92 Å². The highest BCUT2D eigenvalue weighted by atomic mass is 17.2. The normalized spacial score (nSPS) is 24.3. The van der Waals surface area contributed by atoms with Gasteiger partial charge in [0.2, 0.25) is 0 Å². The van der Waals surface area contributed by atoms with Crippen molar-refractivity contribution < 1.29 is 19.4 Å². The summed E-state index contributed by atoms with van der Waals surface area (Å²) in [5.41, 5.74) is 0. The van der Waals surface area contributed by atoms with Crippen molar-refractivity contribution in [1.29, 1.82) is 0 Å². The summed E-state index contributed by atoms with van der Waals surface area (Å²) in [6.07, 6.45) is 1.78. The Morgan fingerprint density at radius 3 is 2.85 bits per heavy atom. The molecule has 0 aromatic rings. The van der Waals surface area contributed by atoms with Crippen LogP contribution in [0.15, 0.2) is 0 Å². The number of rotatable bonds is 3. The van der Waals surface area contributed by atoms with E-state index in [0.29, 0.717) is 6.54 Å². The quantitative estimate of drug-likeness (QED) is 0.474. The third-order valence-electron chi connectivity index (χ3n) is 2.14. The number of hydrogen-bond donors (Lipinski definition) is 0. The predicted octanol–water partition coefficient (Wildman–Crippen LogP) is 0.364. The topological polar surface area (TPSA) is 48.0 Å². The number of nitrogens with zero attached hydrogens (tertiary/aromatic N) is 1. The average Bonchev–Trinajstić information content (AvgIpc) is 2.18. The second-order valence-corrected chi connectivity index (χ2v) is 2.98. The van der Waals surface area contributed by atoms with Crippen LogP contribution in [0.25, 0.3) is 0 Å². The lowest BCUT2D eigenvalue weighted by Crippen LogP contribution is -2.38. The van der Waals surface area contributed by atoms with Crippen LogP contribution in [0.4, 0.5) is 0 Å². The van der Waals surface area contributed by atoms with Gasteiger partial charge in [-0.2, -0.15) is 9.95 Å². The van der Waals surface area contributed by atoms with Gasteiger partial charge in [0.25, 0.3) is 0 Å². The lowest BCUT2D eigenvalue weighted by atomic mass is 10.00. The Hall–Kier alpha value is -0.650. The second kappa shape index (κ2) is 5.16. The van der Waals surface area contributed by atoms with Crippen LogP contribution >= 0.6 is 0 Å². The zero-order valence-electron chi connectivity index (χ0n) is 7.99. The Balaban J connectivity index is 2.37. The molecule has 0 N–H and O–H groups in total. The Kier molecular flexibility index (Phi) is 4.14. The molecule has 1 aliphatic heterocycles. The van der Waals surface area contributed by atoms with Crippen molar-refractivity contribution in [1.82, 2.24) is 5.06 Å². The van der Waals surface area contributed by atoms with Gasteiger partial charge >= 0.3 is 5.97 Å². The van der Waals surface area contributed by atoms with Crippen molar-refractivity contribution in [2.75, 3.05) is 27.3 Å². The van der Waals surface area contributed by atoms with Gasteiger partial charge in [-0.3, -0.25) is 4.89 Å². The third kappa shape index (κ3) is 2.95. The van der Waals surface area contributed by atoms with Gasteiger partial charge in [-0.1, -0.05) is 0 Å². The van der Waals surface area contributed by atoms with Crippen molar-refractivity contribution in [3.63, 3.8) is 0 Å². The fraction of sp³-hybridized carbons (Fsp3) is 0.875. The molecule has 0 aromatic heterocycles. The summed E-state index contributed by atoms with van der Waals surface area (Å²) in [6.45, 7) is 1.45. The van der Waals surface area contributed by atoms with Crippen LogP contribution < -0.4 is 0 Å².